The van der Waals surface area contributed by atoms with Gasteiger partial charge in [-0.3, -0.25) is 4.90 Å². The van der Waals surface area contributed by atoms with E-state index in [2.05, 4.69) is 76.8 Å². The van der Waals surface area contributed by atoms with E-state index in [-0.39, 0.29) is 0 Å². The predicted molar refractivity (Wildman–Crippen MR) is 143 cm³/mol. The van der Waals surface area contributed by atoms with E-state index in [1.165, 1.54) is 24.9 Å². The minimum atomic E-state index is 0.716. The van der Waals surface area contributed by atoms with Gasteiger partial charge in [-0.05, 0) is 61.3 Å². The van der Waals surface area contributed by atoms with E-state index < -0.39 is 0 Å². The third kappa shape index (κ3) is 17.3. The summed E-state index contributed by atoms with van der Waals surface area (Å²) < 4.78 is 10.8. The molecule has 0 radical (unpaired) electrons. The molecule has 2 aromatic carbocycles. The Bertz CT molecular complexity index is 664. The molecule has 1 fully saturated rings. The molecular weight excluding hydrogens is 406 g/mol. The van der Waals surface area contributed by atoms with Gasteiger partial charge in [0, 0.05) is 13.1 Å². The summed E-state index contributed by atoms with van der Waals surface area (Å²) in [6.45, 7) is 19.6. The molecule has 0 N–H and O–H groups in total. The molecule has 2 aromatic rings. The summed E-state index contributed by atoms with van der Waals surface area (Å²) in [5.74, 6) is 3.28. The standard InChI is InChI=1S/C11H16O.C10H14.C9H19NO/c1-10(2)8-9-12-11-6-4-3-5-7-11;1-9(2)8-10-6-4-3-5-7-10;1-9(2)3-4-10-5-7-11-8-6-10/h3-7,10H,8-9H2,1-2H3;3-7,9H,8H2,1-2H3;9H,3-8H2,1-2H3. The first-order chi connectivity index (χ1) is 15.9. The summed E-state index contributed by atoms with van der Waals surface area (Å²) in [6.07, 6.45) is 3.63. The zero-order valence-corrected chi connectivity index (χ0v) is 22.1. The van der Waals surface area contributed by atoms with Gasteiger partial charge in [-0.1, -0.05) is 90.1 Å². The van der Waals surface area contributed by atoms with Gasteiger partial charge in [0.1, 0.15) is 5.75 Å². The van der Waals surface area contributed by atoms with E-state index in [4.69, 9.17) is 9.47 Å². The first-order valence-corrected chi connectivity index (χ1v) is 12.9. The van der Waals surface area contributed by atoms with Crippen molar-refractivity contribution in [2.45, 2.75) is 60.8 Å². The Morgan fingerprint density at radius 1 is 0.727 bits per heavy atom. The van der Waals surface area contributed by atoms with Gasteiger partial charge in [-0.25, -0.2) is 0 Å². The molecule has 0 aliphatic carbocycles. The molecule has 1 saturated heterocycles. The van der Waals surface area contributed by atoms with Crippen molar-refractivity contribution in [1.82, 2.24) is 4.90 Å². The summed E-state index contributed by atoms with van der Waals surface area (Å²) in [5.41, 5.74) is 1.44. The Kier molecular flexibility index (Phi) is 16.4. The average Bonchev–Trinajstić information content (AvgIpc) is 2.80. The maximum atomic E-state index is 5.52. The lowest BCUT2D eigenvalue weighted by Crippen LogP contribution is -2.37. The number of hydrogen-bond donors (Lipinski definition) is 0. The highest BCUT2D eigenvalue weighted by Crippen LogP contribution is 2.10. The highest BCUT2D eigenvalue weighted by atomic mass is 16.5. The molecule has 3 rings (SSSR count). The smallest absolute Gasteiger partial charge is 0.119 e. The lowest BCUT2D eigenvalue weighted by Gasteiger charge is -2.26. The Balaban J connectivity index is 0.000000249. The number of benzene rings is 2. The van der Waals surface area contributed by atoms with Crippen LogP contribution < -0.4 is 4.74 Å². The Hall–Kier alpha value is -1.84. The van der Waals surface area contributed by atoms with Gasteiger partial charge >= 0.3 is 0 Å². The highest BCUT2D eigenvalue weighted by Gasteiger charge is 2.09. The molecule has 0 atom stereocenters. The fraction of sp³-hybridized carbons (Fsp3) is 0.600. The number of ether oxygens (including phenoxy) is 2. The van der Waals surface area contributed by atoms with Crippen LogP contribution in [-0.2, 0) is 11.2 Å². The number of morpholine rings is 1. The zero-order valence-electron chi connectivity index (χ0n) is 22.1. The van der Waals surface area contributed by atoms with Crippen molar-refractivity contribution in [1.29, 1.82) is 0 Å². The summed E-state index contributed by atoms with van der Waals surface area (Å²) in [4.78, 5) is 2.49. The fourth-order valence-corrected chi connectivity index (χ4v) is 3.28. The van der Waals surface area contributed by atoms with Crippen molar-refractivity contribution < 1.29 is 9.47 Å². The molecule has 3 heteroatoms. The van der Waals surface area contributed by atoms with E-state index in [1.54, 1.807) is 0 Å². The molecular formula is C30H49NO2. The lowest BCUT2D eigenvalue weighted by molar-refractivity contribution is 0.0360. The Morgan fingerprint density at radius 2 is 1.27 bits per heavy atom. The third-order valence-corrected chi connectivity index (χ3v) is 5.32. The second-order valence-corrected chi connectivity index (χ2v) is 10.1. The van der Waals surface area contributed by atoms with Crippen LogP contribution in [0.4, 0.5) is 0 Å². The number of hydrogen-bond acceptors (Lipinski definition) is 3. The lowest BCUT2D eigenvalue weighted by atomic mass is 10.0. The van der Waals surface area contributed by atoms with Crippen LogP contribution >= 0.6 is 0 Å². The second kappa shape index (κ2) is 18.6. The number of para-hydroxylation sites is 1. The summed E-state index contributed by atoms with van der Waals surface area (Å²) in [6, 6.07) is 20.6. The average molecular weight is 456 g/mol. The molecule has 0 amide bonds. The van der Waals surface area contributed by atoms with E-state index in [0.29, 0.717) is 5.92 Å². The van der Waals surface area contributed by atoms with Crippen LogP contribution in [0.25, 0.3) is 0 Å². The number of nitrogens with zero attached hydrogens (tertiary/aromatic N) is 1. The molecule has 0 aromatic heterocycles. The van der Waals surface area contributed by atoms with Crippen LogP contribution in [0.15, 0.2) is 60.7 Å². The first-order valence-electron chi connectivity index (χ1n) is 12.9. The van der Waals surface area contributed by atoms with Gasteiger partial charge < -0.3 is 9.47 Å². The van der Waals surface area contributed by atoms with Crippen LogP contribution in [0, 0.1) is 17.8 Å². The van der Waals surface area contributed by atoms with Crippen LogP contribution in [-0.4, -0.2) is 44.4 Å². The van der Waals surface area contributed by atoms with Gasteiger partial charge in [-0.15, -0.1) is 0 Å². The van der Waals surface area contributed by atoms with Crippen molar-refractivity contribution in [3.8, 4) is 5.75 Å². The molecule has 1 aliphatic heterocycles. The minimum Gasteiger partial charge on any atom is -0.494 e. The summed E-state index contributed by atoms with van der Waals surface area (Å²) in [7, 11) is 0. The predicted octanol–water partition coefficient (Wildman–Crippen LogP) is 7.36. The Morgan fingerprint density at radius 3 is 1.79 bits per heavy atom. The molecule has 1 heterocycles. The first kappa shape index (κ1) is 29.2. The van der Waals surface area contributed by atoms with Gasteiger partial charge in [0.25, 0.3) is 0 Å². The second-order valence-electron chi connectivity index (χ2n) is 10.1. The summed E-state index contributed by atoms with van der Waals surface area (Å²) >= 11 is 0. The van der Waals surface area contributed by atoms with Crippen molar-refractivity contribution in [3.05, 3.63) is 66.2 Å². The van der Waals surface area contributed by atoms with Gasteiger partial charge in [0.2, 0.25) is 0 Å². The maximum absolute atomic E-state index is 5.52. The van der Waals surface area contributed by atoms with Gasteiger partial charge in [-0.2, -0.15) is 0 Å². The summed E-state index contributed by atoms with van der Waals surface area (Å²) in [5, 5.41) is 0. The quantitative estimate of drug-likeness (QED) is 0.394. The molecule has 0 saturated carbocycles. The molecule has 0 bridgehead atoms. The Labute approximate surface area is 204 Å². The molecule has 3 nitrogen and oxygen atoms in total. The van der Waals surface area contributed by atoms with E-state index >= 15 is 0 Å². The third-order valence-electron chi connectivity index (χ3n) is 5.32. The molecule has 33 heavy (non-hydrogen) atoms. The van der Waals surface area contributed by atoms with Crippen LogP contribution in [0.2, 0.25) is 0 Å². The van der Waals surface area contributed by atoms with Crippen molar-refractivity contribution in [2.75, 3.05) is 39.5 Å². The minimum absolute atomic E-state index is 0.716. The van der Waals surface area contributed by atoms with E-state index in [9.17, 15) is 0 Å². The zero-order chi connectivity index (χ0) is 24.3. The molecule has 0 unspecified atom stereocenters. The maximum Gasteiger partial charge on any atom is 0.119 e. The topological polar surface area (TPSA) is 21.7 Å². The normalized spacial score (nSPS) is 13.8. The molecule has 1 aliphatic rings. The van der Waals surface area contributed by atoms with Crippen molar-refractivity contribution >= 4 is 0 Å². The SMILES string of the molecule is CC(C)CCN1CCOCC1.CC(C)CCOc1ccccc1.CC(C)Cc1ccccc1. The van der Waals surface area contributed by atoms with E-state index in [0.717, 1.165) is 56.9 Å². The van der Waals surface area contributed by atoms with E-state index in [1.807, 2.05) is 30.3 Å². The van der Waals surface area contributed by atoms with Crippen molar-refractivity contribution in [3.63, 3.8) is 0 Å². The monoisotopic (exact) mass is 455 g/mol. The largest absolute Gasteiger partial charge is 0.494 e. The highest BCUT2D eigenvalue weighted by molar-refractivity contribution is 5.20. The molecule has 0 spiro atoms. The number of rotatable bonds is 9. The molecule has 186 valence electrons. The van der Waals surface area contributed by atoms with Crippen molar-refractivity contribution in [2.24, 2.45) is 17.8 Å². The van der Waals surface area contributed by atoms with Crippen LogP contribution in [0.3, 0.4) is 0 Å². The van der Waals surface area contributed by atoms with Crippen LogP contribution in [0.5, 0.6) is 5.75 Å². The van der Waals surface area contributed by atoms with Crippen LogP contribution in [0.1, 0.15) is 59.9 Å². The van der Waals surface area contributed by atoms with Gasteiger partial charge in [0.05, 0.1) is 19.8 Å². The fourth-order valence-electron chi connectivity index (χ4n) is 3.28. The van der Waals surface area contributed by atoms with Gasteiger partial charge in [0.15, 0.2) is 0 Å².